The number of halogens is 2. The topological polar surface area (TPSA) is 45.2 Å². The second-order valence-corrected chi connectivity index (χ2v) is 7.59. The Hall–Kier alpha value is -1.56. The van der Waals surface area contributed by atoms with Gasteiger partial charge in [-0.2, -0.15) is 0 Å². The first kappa shape index (κ1) is 20.7. The van der Waals surface area contributed by atoms with Crippen LogP contribution in [0.1, 0.15) is 32.3 Å². The molecule has 1 aliphatic heterocycles. The minimum absolute atomic E-state index is 0. The van der Waals surface area contributed by atoms with Crippen LogP contribution in [0.2, 0.25) is 0 Å². The number of carbonyl (C=O) groups excluding carboxylic acids is 1. The number of aromatic nitrogens is 1. The van der Waals surface area contributed by atoms with E-state index in [1.165, 1.54) is 16.7 Å². The van der Waals surface area contributed by atoms with Crippen molar-refractivity contribution < 1.29 is 4.79 Å². The van der Waals surface area contributed by atoms with Crippen LogP contribution in [0.15, 0.2) is 41.4 Å². The van der Waals surface area contributed by atoms with Crippen LogP contribution >= 0.6 is 35.3 Å². The Balaban J connectivity index is 0.00000243. The second kappa shape index (κ2) is 9.40. The van der Waals surface area contributed by atoms with Gasteiger partial charge in [0.1, 0.15) is 5.38 Å². The number of alkyl halides is 1. The van der Waals surface area contributed by atoms with Crippen LogP contribution in [0.4, 0.5) is 10.8 Å². The lowest BCUT2D eigenvalue weighted by Crippen LogP contribution is -2.30. The highest BCUT2D eigenvalue weighted by atomic mass is 35.5. The Morgan fingerprint density at radius 2 is 2.12 bits per heavy atom. The van der Waals surface area contributed by atoms with Crippen LogP contribution in [-0.2, 0) is 4.79 Å². The van der Waals surface area contributed by atoms with Crippen LogP contribution in [0.25, 0.3) is 5.57 Å². The Morgan fingerprint density at radius 1 is 1.38 bits per heavy atom. The van der Waals surface area contributed by atoms with Gasteiger partial charge in [0.2, 0.25) is 5.91 Å². The highest BCUT2D eigenvalue weighted by Gasteiger charge is 2.20. The Bertz CT molecular complexity index is 760. The predicted molar refractivity (Wildman–Crippen MR) is 114 cm³/mol. The lowest BCUT2D eigenvalue weighted by molar-refractivity contribution is -0.115. The Morgan fingerprint density at radius 3 is 2.73 bits per heavy atom. The molecule has 1 amide bonds. The summed E-state index contributed by atoms with van der Waals surface area (Å²) in [6.45, 7) is 5.96. The predicted octanol–water partition coefficient (Wildman–Crippen LogP) is 5.20. The average molecular weight is 412 g/mol. The van der Waals surface area contributed by atoms with Crippen molar-refractivity contribution >= 4 is 57.6 Å². The molecule has 2 aromatic rings. The van der Waals surface area contributed by atoms with Gasteiger partial charge in [0.25, 0.3) is 0 Å². The van der Waals surface area contributed by atoms with Gasteiger partial charge in [-0.25, -0.2) is 4.98 Å². The summed E-state index contributed by atoms with van der Waals surface area (Å²) in [5, 5.41) is 5.45. The van der Waals surface area contributed by atoms with E-state index in [2.05, 4.69) is 34.3 Å². The molecule has 2 heterocycles. The molecule has 1 aromatic heterocycles. The maximum Gasteiger partial charge on any atom is 0.242 e. The van der Waals surface area contributed by atoms with E-state index < -0.39 is 5.38 Å². The maximum absolute atomic E-state index is 11.9. The summed E-state index contributed by atoms with van der Waals surface area (Å²) in [7, 11) is 0. The number of benzene rings is 1. The van der Waals surface area contributed by atoms with Crippen molar-refractivity contribution in [2.75, 3.05) is 23.3 Å². The van der Waals surface area contributed by atoms with Crippen LogP contribution in [0.3, 0.4) is 0 Å². The molecule has 26 heavy (non-hydrogen) atoms. The van der Waals surface area contributed by atoms with E-state index in [4.69, 9.17) is 11.6 Å². The number of nitrogens with zero attached hydrogens (tertiary/aromatic N) is 2. The van der Waals surface area contributed by atoms with E-state index in [0.29, 0.717) is 6.42 Å². The van der Waals surface area contributed by atoms with Crippen LogP contribution in [-0.4, -0.2) is 29.4 Å². The van der Waals surface area contributed by atoms with Crippen molar-refractivity contribution in [2.45, 2.75) is 32.1 Å². The normalized spacial score (nSPS) is 15.4. The quantitative estimate of drug-likeness (QED) is 0.687. The molecule has 0 aliphatic carbocycles. The van der Waals surface area contributed by atoms with E-state index in [1.807, 2.05) is 30.6 Å². The van der Waals surface area contributed by atoms with Crippen molar-refractivity contribution in [3.05, 3.63) is 47.0 Å². The van der Waals surface area contributed by atoms with E-state index in [1.54, 1.807) is 11.3 Å². The molecule has 3 rings (SSSR count). The van der Waals surface area contributed by atoms with E-state index >= 15 is 0 Å². The Kier molecular flexibility index (Phi) is 7.50. The summed E-state index contributed by atoms with van der Waals surface area (Å²) in [5.41, 5.74) is 4.72. The monoisotopic (exact) mass is 411 g/mol. The first-order valence-corrected chi connectivity index (χ1v) is 9.78. The van der Waals surface area contributed by atoms with E-state index in [9.17, 15) is 4.79 Å². The molecule has 0 radical (unpaired) electrons. The van der Waals surface area contributed by atoms with Gasteiger partial charge in [0.05, 0.1) is 0 Å². The molecule has 1 aromatic carbocycles. The van der Waals surface area contributed by atoms with E-state index in [0.717, 1.165) is 30.3 Å². The molecule has 0 saturated heterocycles. The fourth-order valence-electron chi connectivity index (χ4n) is 2.89. The third kappa shape index (κ3) is 4.78. The highest BCUT2D eigenvalue weighted by molar-refractivity contribution is 7.13. The molecule has 0 bridgehead atoms. The lowest BCUT2D eigenvalue weighted by Gasteiger charge is -2.30. The van der Waals surface area contributed by atoms with Gasteiger partial charge in [-0.05, 0) is 43.0 Å². The SMILES string of the molecule is CCC(Cl)C(=O)Nc1ccc(C2=C(C)CCN(c3nccs3)C2)cc1.Cl. The number of carbonyl (C=O) groups is 1. The van der Waals surface area contributed by atoms with Gasteiger partial charge in [0.15, 0.2) is 5.13 Å². The van der Waals surface area contributed by atoms with Gasteiger partial charge in [-0.3, -0.25) is 4.79 Å². The van der Waals surface area contributed by atoms with Gasteiger partial charge >= 0.3 is 0 Å². The molecular weight excluding hydrogens is 389 g/mol. The summed E-state index contributed by atoms with van der Waals surface area (Å²) < 4.78 is 0. The number of nitrogens with one attached hydrogen (secondary N) is 1. The van der Waals surface area contributed by atoms with E-state index in [-0.39, 0.29) is 18.3 Å². The Labute approximate surface area is 169 Å². The van der Waals surface area contributed by atoms with Gasteiger partial charge in [-0.15, -0.1) is 35.3 Å². The first-order chi connectivity index (χ1) is 12.1. The van der Waals surface area contributed by atoms with Crippen LogP contribution in [0.5, 0.6) is 0 Å². The van der Waals surface area contributed by atoms with Crippen molar-refractivity contribution in [3.63, 3.8) is 0 Å². The lowest BCUT2D eigenvalue weighted by atomic mass is 9.95. The minimum Gasteiger partial charge on any atom is -0.343 e. The largest absolute Gasteiger partial charge is 0.343 e. The number of thiazole rings is 1. The summed E-state index contributed by atoms with van der Waals surface area (Å²) in [4.78, 5) is 18.6. The number of amides is 1. The molecule has 1 unspecified atom stereocenters. The number of hydrogen-bond donors (Lipinski definition) is 1. The van der Waals surface area contributed by atoms with Gasteiger partial charge < -0.3 is 10.2 Å². The number of rotatable bonds is 5. The highest BCUT2D eigenvalue weighted by Crippen LogP contribution is 2.31. The van der Waals surface area contributed by atoms with Crippen molar-refractivity contribution in [2.24, 2.45) is 0 Å². The van der Waals surface area contributed by atoms with Crippen LogP contribution < -0.4 is 10.2 Å². The molecule has 0 fully saturated rings. The zero-order valence-corrected chi connectivity index (χ0v) is 17.3. The first-order valence-electron chi connectivity index (χ1n) is 8.47. The second-order valence-electron chi connectivity index (χ2n) is 6.19. The standard InChI is InChI=1S/C19H22ClN3OS.ClH/c1-3-17(20)18(24)22-15-6-4-14(5-7-15)16-12-23(10-8-13(16)2)19-21-9-11-25-19;/h4-7,9,11,17H,3,8,10,12H2,1-2H3,(H,22,24);1H. The molecule has 1 N–H and O–H groups in total. The summed E-state index contributed by atoms with van der Waals surface area (Å²) in [6.07, 6.45) is 3.50. The summed E-state index contributed by atoms with van der Waals surface area (Å²) >= 11 is 7.65. The van der Waals surface area contributed by atoms with Crippen molar-refractivity contribution in [1.29, 1.82) is 0 Å². The molecule has 7 heteroatoms. The summed E-state index contributed by atoms with van der Waals surface area (Å²) in [5.74, 6) is -0.153. The molecule has 0 spiro atoms. The van der Waals surface area contributed by atoms with Crippen molar-refractivity contribution in [1.82, 2.24) is 4.98 Å². The molecule has 0 saturated carbocycles. The zero-order valence-electron chi connectivity index (χ0n) is 14.9. The molecular formula is C19H23Cl2N3OS. The van der Waals surface area contributed by atoms with Gasteiger partial charge in [-0.1, -0.05) is 24.6 Å². The van der Waals surface area contributed by atoms with Crippen LogP contribution in [0, 0.1) is 0 Å². The zero-order chi connectivity index (χ0) is 17.8. The third-order valence-electron chi connectivity index (χ3n) is 4.45. The molecule has 1 atom stereocenters. The average Bonchev–Trinajstić information content (AvgIpc) is 3.17. The van der Waals surface area contributed by atoms with Crippen molar-refractivity contribution in [3.8, 4) is 0 Å². The van der Waals surface area contributed by atoms with Gasteiger partial charge in [0, 0.05) is 30.4 Å². The molecule has 140 valence electrons. The molecule has 4 nitrogen and oxygen atoms in total. The summed E-state index contributed by atoms with van der Waals surface area (Å²) in [6, 6.07) is 8.01. The number of hydrogen-bond acceptors (Lipinski definition) is 4. The number of anilines is 2. The third-order valence-corrected chi connectivity index (χ3v) is 5.79. The molecule has 1 aliphatic rings. The maximum atomic E-state index is 11.9. The smallest absolute Gasteiger partial charge is 0.242 e. The fourth-order valence-corrected chi connectivity index (χ4v) is 3.62. The fraction of sp³-hybridized carbons (Fsp3) is 0.368. The minimum atomic E-state index is -0.491.